The normalized spacial score (nSPS) is 11.0. The first-order valence-corrected chi connectivity index (χ1v) is 10.6. The fourth-order valence-corrected chi connectivity index (χ4v) is 4.20. The van der Waals surface area contributed by atoms with E-state index in [-0.39, 0.29) is 17.1 Å². The molecular weight excluding hydrogens is 407 g/mol. The van der Waals surface area contributed by atoms with Crippen molar-refractivity contribution in [2.75, 3.05) is 18.0 Å². The number of nitrogens with one attached hydrogen (secondary N) is 1. The number of nitrogens with zero attached hydrogens (tertiary/aromatic N) is 1. The molecule has 8 heteroatoms. The third-order valence-electron chi connectivity index (χ3n) is 4.38. The third kappa shape index (κ3) is 5.15. The van der Waals surface area contributed by atoms with Gasteiger partial charge in [-0.1, -0.05) is 30.3 Å². The number of ether oxygens (including phenoxy) is 1. The van der Waals surface area contributed by atoms with Crippen LogP contribution in [-0.4, -0.2) is 28.0 Å². The molecule has 3 aromatic rings. The van der Waals surface area contributed by atoms with Crippen LogP contribution in [0.3, 0.4) is 0 Å². The Bertz CT molecular complexity index is 1090. The van der Waals surface area contributed by atoms with Crippen molar-refractivity contribution >= 4 is 21.6 Å². The molecule has 6 nitrogen and oxygen atoms in total. The first kappa shape index (κ1) is 21.3. The molecule has 0 atom stereocenters. The topological polar surface area (TPSA) is 75.7 Å². The number of carbonyl (C=O) groups excluding carboxylic acids is 1. The predicted molar refractivity (Wildman–Crippen MR) is 112 cm³/mol. The van der Waals surface area contributed by atoms with Crippen LogP contribution >= 0.6 is 0 Å². The molecule has 3 rings (SSSR count). The number of methoxy groups -OCH3 is 1. The van der Waals surface area contributed by atoms with Gasteiger partial charge in [0.05, 0.1) is 17.7 Å². The number of anilines is 1. The molecular formula is C22H21FN2O4S. The summed E-state index contributed by atoms with van der Waals surface area (Å²) in [6.45, 7) is -0.188. The lowest BCUT2D eigenvalue weighted by Crippen LogP contribution is -2.40. The Kier molecular flexibility index (Phi) is 6.68. The molecule has 0 unspecified atom stereocenters. The molecule has 0 radical (unpaired) electrons. The van der Waals surface area contributed by atoms with Crippen molar-refractivity contribution in [2.45, 2.75) is 11.4 Å². The quantitative estimate of drug-likeness (QED) is 0.597. The third-order valence-corrected chi connectivity index (χ3v) is 6.17. The van der Waals surface area contributed by atoms with Crippen LogP contribution < -0.4 is 14.4 Å². The number of rotatable bonds is 8. The monoisotopic (exact) mass is 428 g/mol. The van der Waals surface area contributed by atoms with Gasteiger partial charge in [0.15, 0.2) is 0 Å². The molecule has 0 spiro atoms. The second-order valence-electron chi connectivity index (χ2n) is 6.43. The van der Waals surface area contributed by atoms with E-state index >= 15 is 0 Å². The van der Waals surface area contributed by atoms with E-state index in [1.165, 1.54) is 43.5 Å². The zero-order chi connectivity index (χ0) is 21.6. The number of carbonyl (C=O) groups is 1. The van der Waals surface area contributed by atoms with Gasteiger partial charge in [-0.25, -0.2) is 12.8 Å². The minimum absolute atomic E-state index is 0.0107. The van der Waals surface area contributed by atoms with Crippen LogP contribution in [0, 0.1) is 5.82 Å². The molecule has 0 fully saturated rings. The van der Waals surface area contributed by atoms with Gasteiger partial charge in [-0.2, -0.15) is 0 Å². The maximum absolute atomic E-state index is 13.4. The van der Waals surface area contributed by atoms with Gasteiger partial charge in [0, 0.05) is 6.54 Å². The summed E-state index contributed by atoms with van der Waals surface area (Å²) in [5, 5.41) is 2.71. The average molecular weight is 428 g/mol. The van der Waals surface area contributed by atoms with E-state index in [1.54, 1.807) is 0 Å². The van der Waals surface area contributed by atoms with E-state index in [4.69, 9.17) is 4.74 Å². The van der Waals surface area contributed by atoms with Crippen molar-refractivity contribution in [3.05, 3.63) is 90.2 Å². The minimum atomic E-state index is -4.08. The molecule has 0 bridgehead atoms. The number of hydrogen-bond donors (Lipinski definition) is 1. The van der Waals surface area contributed by atoms with Gasteiger partial charge in [0.25, 0.3) is 10.0 Å². The van der Waals surface area contributed by atoms with Gasteiger partial charge in [-0.15, -0.1) is 0 Å². The largest absolute Gasteiger partial charge is 0.497 e. The SMILES string of the molecule is COc1ccc(S(=O)(=O)N(CC(=O)NCc2ccccc2)c2ccc(F)cc2)cc1. The van der Waals surface area contributed by atoms with Gasteiger partial charge < -0.3 is 10.1 Å². The molecule has 0 heterocycles. The zero-order valence-electron chi connectivity index (χ0n) is 16.3. The van der Waals surface area contributed by atoms with Crippen LogP contribution in [0.2, 0.25) is 0 Å². The Morgan fingerprint density at radius 1 is 0.967 bits per heavy atom. The summed E-state index contributed by atoms with van der Waals surface area (Å²) in [4.78, 5) is 12.5. The molecule has 156 valence electrons. The summed E-state index contributed by atoms with van der Waals surface area (Å²) < 4.78 is 45.9. The van der Waals surface area contributed by atoms with Gasteiger partial charge in [0.2, 0.25) is 5.91 Å². The highest BCUT2D eigenvalue weighted by Gasteiger charge is 2.27. The molecule has 0 aliphatic heterocycles. The van der Waals surface area contributed by atoms with E-state index in [0.29, 0.717) is 5.75 Å². The summed E-state index contributed by atoms with van der Waals surface area (Å²) >= 11 is 0. The average Bonchev–Trinajstić information content (AvgIpc) is 2.77. The highest BCUT2D eigenvalue weighted by Crippen LogP contribution is 2.25. The lowest BCUT2D eigenvalue weighted by Gasteiger charge is -2.24. The smallest absolute Gasteiger partial charge is 0.264 e. The molecule has 1 N–H and O–H groups in total. The molecule has 0 aromatic heterocycles. The lowest BCUT2D eigenvalue weighted by atomic mass is 10.2. The molecule has 0 aliphatic carbocycles. The maximum atomic E-state index is 13.4. The Morgan fingerprint density at radius 3 is 2.20 bits per heavy atom. The number of amides is 1. The number of halogens is 1. The van der Waals surface area contributed by atoms with E-state index in [2.05, 4.69) is 5.32 Å². The summed E-state index contributed by atoms with van der Waals surface area (Å²) in [5.41, 5.74) is 1.07. The predicted octanol–water partition coefficient (Wildman–Crippen LogP) is 3.35. The van der Waals surface area contributed by atoms with E-state index in [9.17, 15) is 17.6 Å². The van der Waals surface area contributed by atoms with Crippen LogP contribution in [-0.2, 0) is 21.4 Å². The van der Waals surface area contributed by atoms with Crippen molar-refractivity contribution in [1.82, 2.24) is 5.32 Å². The van der Waals surface area contributed by atoms with Crippen LogP contribution in [0.4, 0.5) is 10.1 Å². The fraction of sp³-hybridized carbons (Fsp3) is 0.136. The molecule has 30 heavy (non-hydrogen) atoms. The number of sulfonamides is 1. The van der Waals surface area contributed by atoms with Crippen LogP contribution in [0.15, 0.2) is 83.8 Å². The van der Waals surface area contributed by atoms with Gasteiger partial charge >= 0.3 is 0 Å². The second kappa shape index (κ2) is 9.41. The second-order valence-corrected chi connectivity index (χ2v) is 8.29. The van der Waals surface area contributed by atoms with E-state index < -0.39 is 28.3 Å². The van der Waals surface area contributed by atoms with Crippen molar-refractivity contribution in [3.63, 3.8) is 0 Å². The Balaban J connectivity index is 1.86. The molecule has 0 saturated heterocycles. The number of hydrogen-bond acceptors (Lipinski definition) is 4. The van der Waals surface area contributed by atoms with Gasteiger partial charge in [-0.3, -0.25) is 9.10 Å². The van der Waals surface area contributed by atoms with E-state index in [0.717, 1.165) is 22.0 Å². The first-order chi connectivity index (χ1) is 14.4. The van der Waals surface area contributed by atoms with Crippen molar-refractivity contribution in [2.24, 2.45) is 0 Å². The first-order valence-electron chi connectivity index (χ1n) is 9.13. The standard InChI is InChI=1S/C22H21FN2O4S/c1-29-20-11-13-21(14-12-20)30(27,28)25(19-9-7-18(23)8-10-19)16-22(26)24-15-17-5-3-2-4-6-17/h2-14H,15-16H2,1H3,(H,24,26). The van der Waals surface area contributed by atoms with E-state index in [1.807, 2.05) is 30.3 Å². The molecule has 3 aromatic carbocycles. The van der Waals surface area contributed by atoms with Crippen molar-refractivity contribution in [3.8, 4) is 5.75 Å². The highest BCUT2D eigenvalue weighted by atomic mass is 32.2. The summed E-state index contributed by atoms with van der Waals surface area (Å²) in [5.74, 6) is -0.489. The molecule has 0 aliphatic rings. The maximum Gasteiger partial charge on any atom is 0.264 e. The zero-order valence-corrected chi connectivity index (χ0v) is 17.1. The highest BCUT2D eigenvalue weighted by molar-refractivity contribution is 7.92. The van der Waals surface area contributed by atoms with Gasteiger partial charge in [0.1, 0.15) is 18.1 Å². The molecule has 1 amide bonds. The summed E-state index contributed by atoms with van der Waals surface area (Å²) in [6, 6.07) is 20.0. The number of benzene rings is 3. The lowest BCUT2D eigenvalue weighted by molar-refractivity contribution is -0.119. The fourth-order valence-electron chi connectivity index (χ4n) is 2.78. The van der Waals surface area contributed by atoms with Crippen molar-refractivity contribution < 1.29 is 22.3 Å². The Hall–Kier alpha value is -3.39. The summed E-state index contributed by atoms with van der Waals surface area (Å²) in [6.07, 6.45) is 0. The Morgan fingerprint density at radius 2 is 1.60 bits per heavy atom. The summed E-state index contributed by atoms with van der Waals surface area (Å²) in [7, 11) is -2.60. The van der Waals surface area contributed by atoms with Crippen LogP contribution in [0.5, 0.6) is 5.75 Å². The van der Waals surface area contributed by atoms with Crippen molar-refractivity contribution in [1.29, 1.82) is 0 Å². The van der Waals surface area contributed by atoms with Gasteiger partial charge in [-0.05, 0) is 54.1 Å². The van der Waals surface area contributed by atoms with Crippen LogP contribution in [0.25, 0.3) is 0 Å². The molecule has 0 saturated carbocycles. The minimum Gasteiger partial charge on any atom is -0.497 e. The Labute approximate surface area is 175 Å². The van der Waals surface area contributed by atoms with Crippen LogP contribution in [0.1, 0.15) is 5.56 Å².